The van der Waals surface area contributed by atoms with Crippen molar-refractivity contribution in [1.29, 1.82) is 0 Å². The third-order valence-electron chi connectivity index (χ3n) is 2.00. The first-order valence-corrected chi connectivity index (χ1v) is 5.52. The predicted octanol–water partition coefficient (Wildman–Crippen LogP) is 4.40. The smallest absolute Gasteiger partial charge is 0.0407 e. The third kappa shape index (κ3) is 4.65. The van der Waals surface area contributed by atoms with Gasteiger partial charge in [0.25, 0.3) is 0 Å². The van der Waals surface area contributed by atoms with Crippen LogP contribution in [0, 0.1) is 0 Å². The molecule has 0 bridgehead atoms. The molecule has 1 rings (SSSR count). The summed E-state index contributed by atoms with van der Waals surface area (Å²) in [5.41, 5.74) is 2.07. The van der Waals surface area contributed by atoms with Crippen molar-refractivity contribution in [3.63, 3.8) is 0 Å². The van der Waals surface area contributed by atoms with Crippen LogP contribution in [0.2, 0.25) is 0 Å². The van der Waals surface area contributed by atoms with Gasteiger partial charge in [-0.25, -0.2) is 0 Å². The van der Waals surface area contributed by atoms with E-state index in [1.165, 1.54) is 0 Å². The number of para-hydroxylation sites is 1. The fourth-order valence-corrected chi connectivity index (χ4v) is 1.11. The molecule has 86 valence electrons. The predicted molar refractivity (Wildman–Crippen MR) is 74.7 cm³/mol. The molecular weight excluding hydrogens is 194 g/mol. The molecule has 0 heterocycles. The quantitative estimate of drug-likeness (QED) is 0.673. The lowest BCUT2D eigenvalue weighted by atomic mass is 10.2. The third-order valence-corrected chi connectivity index (χ3v) is 2.00. The summed E-state index contributed by atoms with van der Waals surface area (Å²) in [5, 5.41) is 0. The summed E-state index contributed by atoms with van der Waals surface area (Å²) in [4.78, 5) is 2.03. The van der Waals surface area contributed by atoms with Gasteiger partial charge in [-0.3, -0.25) is 0 Å². The van der Waals surface area contributed by atoms with E-state index in [1.807, 2.05) is 68.3 Å². The largest absolute Gasteiger partial charge is 0.345 e. The molecule has 1 heteroatoms. The van der Waals surface area contributed by atoms with E-state index < -0.39 is 0 Å². The second kappa shape index (κ2) is 8.54. The Balaban J connectivity index is 0.00000106. The van der Waals surface area contributed by atoms with Crippen molar-refractivity contribution in [3.8, 4) is 0 Å². The molecule has 16 heavy (non-hydrogen) atoms. The number of nitrogens with zero attached hydrogens (tertiary/aromatic N) is 1. The molecule has 0 aromatic heterocycles. The van der Waals surface area contributed by atoms with Crippen LogP contribution >= 0.6 is 0 Å². The molecule has 0 N–H and O–H groups in total. The first-order valence-electron chi connectivity index (χ1n) is 5.52. The van der Waals surface area contributed by atoms with E-state index in [0.717, 1.165) is 11.4 Å². The first-order chi connectivity index (χ1) is 7.75. The van der Waals surface area contributed by atoms with Gasteiger partial charge in [-0.15, -0.1) is 0 Å². The molecule has 0 spiro atoms. The standard InChI is InChI=1S/C13H15N.C2H6/c1-4-5-9-12(2)14(3)13-10-7-6-8-11-13;1-2/h4-11H,1-2H2,3H3;1-2H3/b9-5-;. The minimum Gasteiger partial charge on any atom is -0.345 e. The SMILES string of the molecule is C=C/C=C\C(=C)N(C)c1ccccc1.CC. The van der Waals surface area contributed by atoms with Crippen LogP contribution < -0.4 is 4.90 Å². The number of hydrogen-bond acceptors (Lipinski definition) is 1. The monoisotopic (exact) mass is 215 g/mol. The lowest BCUT2D eigenvalue weighted by Crippen LogP contribution is -2.13. The Morgan fingerprint density at radius 3 is 2.25 bits per heavy atom. The highest BCUT2D eigenvalue weighted by atomic mass is 15.1. The molecule has 0 amide bonds. The Kier molecular flexibility index (Phi) is 7.60. The van der Waals surface area contributed by atoms with Gasteiger partial charge < -0.3 is 4.90 Å². The number of likely N-dealkylation sites (N-methyl/N-ethyl adjacent to an activating group) is 1. The van der Waals surface area contributed by atoms with Crippen LogP contribution in [0.4, 0.5) is 5.69 Å². The number of benzene rings is 1. The molecule has 0 radical (unpaired) electrons. The Bertz CT molecular complexity index is 336. The molecule has 0 unspecified atom stereocenters. The summed E-state index contributed by atoms with van der Waals surface area (Å²) < 4.78 is 0. The highest BCUT2D eigenvalue weighted by molar-refractivity contribution is 5.52. The first kappa shape index (κ1) is 14.2. The van der Waals surface area contributed by atoms with Crippen molar-refractivity contribution < 1.29 is 0 Å². The minimum absolute atomic E-state index is 0.941. The maximum atomic E-state index is 3.96. The van der Waals surface area contributed by atoms with Gasteiger partial charge in [0.15, 0.2) is 0 Å². The molecule has 0 aliphatic rings. The van der Waals surface area contributed by atoms with Crippen molar-refractivity contribution in [2.45, 2.75) is 13.8 Å². The summed E-state index contributed by atoms with van der Waals surface area (Å²) >= 11 is 0. The molecule has 0 aliphatic heterocycles. The topological polar surface area (TPSA) is 3.24 Å². The summed E-state index contributed by atoms with van der Waals surface area (Å²) in [6, 6.07) is 10.1. The van der Waals surface area contributed by atoms with E-state index in [-0.39, 0.29) is 0 Å². The van der Waals surface area contributed by atoms with Crippen molar-refractivity contribution >= 4 is 5.69 Å². The van der Waals surface area contributed by atoms with Crippen LogP contribution in [-0.4, -0.2) is 7.05 Å². The van der Waals surface area contributed by atoms with E-state index >= 15 is 0 Å². The second-order valence-electron chi connectivity index (χ2n) is 2.98. The highest BCUT2D eigenvalue weighted by Gasteiger charge is 1.99. The van der Waals surface area contributed by atoms with Gasteiger partial charge in [-0.05, 0) is 18.2 Å². The Morgan fingerprint density at radius 1 is 1.19 bits per heavy atom. The van der Waals surface area contributed by atoms with Crippen LogP contribution in [0.25, 0.3) is 0 Å². The zero-order chi connectivity index (χ0) is 12.4. The van der Waals surface area contributed by atoms with Gasteiger partial charge in [-0.1, -0.05) is 57.4 Å². The van der Waals surface area contributed by atoms with Gasteiger partial charge in [-0.2, -0.15) is 0 Å². The van der Waals surface area contributed by atoms with Crippen molar-refractivity contribution in [2.24, 2.45) is 0 Å². The molecular formula is C15H21N. The number of rotatable bonds is 4. The summed E-state index contributed by atoms with van der Waals surface area (Å²) in [6.07, 6.45) is 5.55. The Hall–Kier alpha value is -1.76. The van der Waals surface area contributed by atoms with Gasteiger partial charge in [0, 0.05) is 18.4 Å². The van der Waals surface area contributed by atoms with E-state index in [2.05, 4.69) is 13.2 Å². The van der Waals surface area contributed by atoms with E-state index in [0.29, 0.717) is 0 Å². The Labute approximate surface area is 99.4 Å². The average molecular weight is 215 g/mol. The fraction of sp³-hybridized carbons (Fsp3) is 0.200. The number of hydrogen-bond donors (Lipinski definition) is 0. The summed E-state index contributed by atoms with van der Waals surface area (Å²) in [7, 11) is 1.99. The molecule has 1 nitrogen and oxygen atoms in total. The number of allylic oxidation sites excluding steroid dienone is 3. The van der Waals surface area contributed by atoms with Gasteiger partial charge in [0.1, 0.15) is 0 Å². The molecule has 1 aromatic carbocycles. The summed E-state index contributed by atoms with van der Waals surface area (Å²) in [6.45, 7) is 11.6. The van der Waals surface area contributed by atoms with Crippen LogP contribution in [0.15, 0.2) is 67.4 Å². The van der Waals surface area contributed by atoms with Gasteiger partial charge in [0.05, 0.1) is 0 Å². The molecule has 0 atom stereocenters. The molecule has 0 saturated carbocycles. The van der Waals surface area contributed by atoms with Gasteiger partial charge in [0.2, 0.25) is 0 Å². The van der Waals surface area contributed by atoms with Crippen LogP contribution in [0.5, 0.6) is 0 Å². The second-order valence-corrected chi connectivity index (χ2v) is 2.98. The Morgan fingerprint density at radius 2 is 1.75 bits per heavy atom. The lowest BCUT2D eigenvalue weighted by molar-refractivity contribution is 1.15. The normalized spacial score (nSPS) is 9.19. The van der Waals surface area contributed by atoms with E-state index in [9.17, 15) is 0 Å². The lowest BCUT2D eigenvalue weighted by Gasteiger charge is -2.19. The zero-order valence-electron chi connectivity index (χ0n) is 10.5. The van der Waals surface area contributed by atoms with Crippen molar-refractivity contribution in [2.75, 3.05) is 11.9 Å². The molecule has 0 saturated heterocycles. The van der Waals surface area contributed by atoms with Crippen LogP contribution in [0.3, 0.4) is 0 Å². The van der Waals surface area contributed by atoms with Crippen LogP contribution in [-0.2, 0) is 0 Å². The van der Waals surface area contributed by atoms with E-state index in [4.69, 9.17) is 0 Å². The summed E-state index contributed by atoms with van der Waals surface area (Å²) in [5.74, 6) is 0. The molecule has 1 aromatic rings. The zero-order valence-corrected chi connectivity index (χ0v) is 10.5. The molecule has 0 aliphatic carbocycles. The van der Waals surface area contributed by atoms with Gasteiger partial charge >= 0.3 is 0 Å². The molecule has 0 fully saturated rings. The average Bonchev–Trinajstić information content (AvgIpc) is 2.38. The fourth-order valence-electron chi connectivity index (χ4n) is 1.11. The maximum Gasteiger partial charge on any atom is 0.0407 e. The van der Waals surface area contributed by atoms with E-state index in [1.54, 1.807) is 6.08 Å². The van der Waals surface area contributed by atoms with Crippen molar-refractivity contribution in [1.82, 2.24) is 0 Å². The highest BCUT2D eigenvalue weighted by Crippen LogP contribution is 2.15. The minimum atomic E-state index is 0.941. The van der Waals surface area contributed by atoms with Crippen molar-refractivity contribution in [3.05, 3.63) is 67.4 Å². The maximum absolute atomic E-state index is 3.96. The van der Waals surface area contributed by atoms with Crippen LogP contribution in [0.1, 0.15) is 13.8 Å². The number of anilines is 1.